The predicted octanol–water partition coefficient (Wildman–Crippen LogP) is 3.81. The SMILES string of the molecule is NCC1c2ccccc2Cc2ccccc2N1C(=S)NC(=O)c1ccccc1. The van der Waals surface area contributed by atoms with Gasteiger partial charge in [0.1, 0.15) is 0 Å². The lowest BCUT2D eigenvalue weighted by Gasteiger charge is -2.33. The third-order valence-corrected chi connectivity index (χ3v) is 5.36. The maximum absolute atomic E-state index is 12.7. The summed E-state index contributed by atoms with van der Waals surface area (Å²) in [7, 11) is 0. The summed E-state index contributed by atoms with van der Waals surface area (Å²) in [6.45, 7) is 0.382. The molecule has 3 aromatic rings. The molecule has 0 spiro atoms. The van der Waals surface area contributed by atoms with E-state index in [1.165, 1.54) is 5.56 Å². The van der Waals surface area contributed by atoms with Crippen LogP contribution in [0, 0.1) is 0 Å². The second-order valence-electron chi connectivity index (χ2n) is 6.75. The topological polar surface area (TPSA) is 58.4 Å². The number of amides is 1. The van der Waals surface area contributed by atoms with Crippen LogP contribution in [0.4, 0.5) is 5.69 Å². The molecule has 0 bridgehead atoms. The monoisotopic (exact) mass is 387 g/mol. The lowest BCUT2D eigenvalue weighted by molar-refractivity contribution is 0.0977. The lowest BCUT2D eigenvalue weighted by atomic mass is 9.97. The van der Waals surface area contributed by atoms with Crippen molar-refractivity contribution in [1.29, 1.82) is 0 Å². The van der Waals surface area contributed by atoms with Crippen LogP contribution in [-0.4, -0.2) is 17.6 Å². The first kappa shape index (κ1) is 18.3. The van der Waals surface area contributed by atoms with Gasteiger partial charge in [0.05, 0.1) is 6.04 Å². The van der Waals surface area contributed by atoms with Gasteiger partial charge in [0.15, 0.2) is 5.11 Å². The Hall–Kier alpha value is -3.02. The molecule has 0 aromatic heterocycles. The Bertz CT molecular complexity index is 1020. The third kappa shape index (κ3) is 3.42. The van der Waals surface area contributed by atoms with Crippen molar-refractivity contribution in [1.82, 2.24) is 5.32 Å². The van der Waals surface area contributed by atoms with E-state index in [2.05, 4.69) is 23.5 Å². The van der Waals surface area contributed by atoms with Crippen LogP contribution in [0.5, 0.6) is 0 Å². The van der Waals surface area contributed by atoms with Gasteiger partial charge >= 0.3 is 0 Å². The number of carbonyl (C=O) groups excluding carboxylic acids is 1. The highest BCUT2D eigenvalue weighted by Gasteiger charge is 2.30. The summed E-state index contributed by atoms with van der Waals surface area (Å²) in [5.74, 6) is -0.226. The lowest BCUT2D eigenvalue weighted by Crippen LogP contribution is -2.46. The van der Waals surface area contributed by atoms with Crippen LogP contribution in [0.1, 0.15) is 33.1 Å². The molecule has 1 amide bonds. The molecule has 1 aliphatic heterocycles. The quantitative estimate of drug-likeness (QED) is 0.657. The number of nitrogens with zero attached hydrogens (tertiary/aromatic N) is 1. The fourth-order valence-corrected chi connectivity index (χ4v) is 4.05. The smallest absolute Gasteiger partial charge is 0.257 e. The fraction of sp³-hybridized carbons (Fsp3) is 0.130. The van der Waals surface area contributed by atoms with Crippen LogP contribution in [0.3, 0.4) is 0 Å². The molecule has 1 aliphatic rings. The molecule has 3 N–H and O–H groups in total. The van der Waals surface area contributed by atoms with Gasteiger partial charge in [-0.25, -0.2) is 0 Å². The zero-order chi connectivity index (χ0) is 19.5. The molecule has 0 fully saturated rings. The maximum Gasteiger partial charge on any atom is 0.257 e. The Labute approximate surface area is 170 Å². The molecule has 0 radical (unpaired) electrons. The molecule has 5 heteroatoms. The number of hydrogen-bond donors (Lipinski definition) is 2. The second kappa shape index (κ2) is 7.92. The number of thiocarbonyl (C=S) groups is 1. The molecular formula is C23H21N3OS. The Balaban J connectivity index is 1.75. The van der Waals surface area contributed by atoms with Gasteiger partial charge in [-0.05, 0) is 53.5 Å². The number of carbonyl (C=O) groups is 1. The number of anilines is 1. The molecule has 0 saturated carbocycles. The minimum atomic E-state index is -0.226. The van der Waals surface area contributed by atoms with Gasteiger partial charge in [0, 0.05) is 17.8 Å². The molecular weight excluding hydrogens is 366 g/mol. The van der Waals surface area contributed by atoms with E-state index in [0.29, 0.717) is 17.2 Å². The first-order valence-corrected chi connectivity index (χ1v) is 9.65. The zero-order valence-corrected chi connectivity index (χ0v) is 16.2. The van der Waals surface area contributed by atoms with Gasteiger partial charge in [0.25, 0.3) is 5.91 Å². The number of rotatable bonds is 2. The highest BCUT2D eigenvalue weighted by Crippen LogP contribution is 2.36. The summed E-state index contributed by atoms with van der Waals surface area (Å²) < 4.78 is 0. The minimum absolute atomic E-state index is 0.150. The molecule has 28 heavy (non-hydrogen) atoms. The standard InChI is InChI=1S/C23H21N3OS/c24-15-21-19-12-6-4-10-17(19)14-18-11-5-7-13-20(18)26(21)23(28)25-22(27)16-8-2-1-3-9-16/h1-13,21H,14-15,24H2,(H,25,27,28). The van der Waals surface area contributed by atoms with Crippen molar-refractivity contribution in [3.8, 4) is 0 Å². The summed E-state index contributed by atoms with van der Waals surface area (Å²) in [6, 6.07) is 25.3. The number of fused-ring (bicyclic) bond motifs is 2. The summed E-state index contributed by atoms with van der Waals surface area (Å²) in [6.07, 6.45) is 0.800. The summed E-state index contributed by atoms with van der Waals surface area (Å²) in [4.78, 5) is 14.7. The van der Waals surface area contributed by atoms with Crippen molar-refractivity contribution in [2.24, 2.45) is 5.73 Å². The first-order valence-electron chi connectivity index (χ1n) is 9.24. The van der Waals surface area contributed by atoms with Gasteiger partial charge in [-0.15, -0.1) is 0 Å². The molecule has 4 rings (SSSR count). The van der Waals surface area contributed by atoms with Crippen molar-refractivity contribution in [2.75, 3.05) is 11.4 Å². The van der Waals surface area contributed by atoms with Crippen LogP contribution >= 0.6 is 12.2 Å². The van der Waals surface area contributed by atoms with E-state index in [-0.39, 0.29) is 11.9 Å². The number of nitrogens with one attached hydrogen (secondary N) is 1. The number of para-hydroxylation sites is 1. The average Bonchev–Trinajstić information content (AvgIpc) is 2.88. The van der Waals surface area contributed by atoms with Crippen LogP contribution in [0.25, 0.3) is 0 Å². The van der Waals surface area contributed by atoms with E-state index in [9.17, 15) is 4.79 Å². The maximum atomic E-state index is 12.7. The molecule has 1 atom stereocenters. The number of benzene rings is 3. The highest BCUT2D eigenvalue weighted by molar-refractivity contribution is 7.80. The normalized spacial score (nSPS) is 15.2. The molecule has 3 aromatic carbocycles. The molecule has 0 saturated heterocycles. The second-order valence-corrected chi connectivity index (χ2v) is 7.14. The van der Waals surface area contributed by atoms with Crippen LogP contribution in [0.2, 0.25) is 0 Å². The Kier molecular flexibility index (Phi) is 5.19. The molecule has 1 unspecified atom stereocenters. The van der Waals surface area contributed by atoms with Crippen molar-refractivity contribution < 1.29 is 4.79 Å². The van der Waals surface area contributed by atoms with Gasteiger partial charge in [-0.1, -0.05) is 60.7 Å². The highest BCUT2D eigenvalue weighted by atomic mass is 32.1. The van der Waals surface area contributed by atoms with E-state index < -0.39 is 0 Å². The Morgan fingerprint density at radius 2 is 1.61 bits per heavy atom. The van der Waals surface area contributed by atoms with E-state index >= 15 is 0 Å². The minimum Gasteiger partial charge on any atom is -0.328 e. The summed E-state index contributed by atoms with van der Waals surface area (Å²) in [5, 5.41) is 3.25. The molecule has 4 nitrogen and oxygen atoms in total. The Morgan fingerprint density at radius 1 is 0.964 bits per heavy atom. The molecule has 0 aliphatic carbocycles. The zero-order valence-electron chi connectivity index (χ0n) is 15.3. The van der Waals surface area contributed by atoms with Crippen molar-refractivity contribution in [3.05, 3.63) is 101 Å². The fourth-order valence-electron chi connectivity index (χ4n) is 3.73. The van der Waals surface area contributed by atoms with E-state index in [0.717, 1.165) is 23.2 Å². The van der Waals surface area contributed by atoms with Crippen LogP contribution < -0.4 is 16.0 Å². The van der Waals surface area contributed by atoms with Gasteiger partial charge in [-0.3, -0.25) is 10.1 Å². The average molecular weight is 388 g/mol. The van der Waals surface area contributed by atoms with E-state index in [4.69, 9.17) is 18.0 Å². The first-order chi connectivity index (χ1) is 13.7. The van der Waals surface area contributed by atoms with Gasteiger partial charge < -0.3 is 10.6 Å². The van der Waals surface area contributed by atoms with Crippen molar-refractivity contribution in [2.45, 2.75) is 12.5 Å². The van der Waals surface area contributed by atoms with Gasteiger partial charge in [-0.2, -0.15) is 0 Å². The molecule has 1 heterocycles. The van der Waals surface area contributed by atoms with Crippen molar-refractivity contribution >= 4 is 28.9 Å². The number of nitrogens with two attached hydrogens (primary N) is 1. The van der Waals surface area contributed by atoms with Crippen molar-refractivity contribution in [3.63, 3.8) is 0 Å². The number of hydrogen-bond acceptors (Lipinski definition) is 3. The van der Waals surface area contributed by atoms with E-state index in [1.807, 2.05) is 53.4 Å². The third-order valence-electron chi connectivity index (χ3n) is 5.06. The van der Waals surface area contributed by atoms with E-state index in [1.54, 1.807) is 12.1 Å². The Morgan fingerprint density at radius 3 is 2.36 bits per heavy atom. The summed E-state index contributed by atoms with van der Waals surface area (Å²) in [5.41, 5.74) is 11.3. The predicted molar refractivity (Wildman–Crippen MR) is 116 cm³/mol. The van der Waals surface area contributed by atoms with Crippen LogP contribution in [-0.2, 0) is 6.42 Å². The molecule has 140 valence electrons. The van der Waals surface area contributed by atoms with Gasteiger partial charge in [0.2, 0.25) is 0 Å². The van der Waals surface area contributed by atoms with Crippen LogP contribution in [0.15, 0.2) is 78.9 Å². The summed E-state index contributed by atoms with van der Waals surface area (Å²) >= 11 is 5.70. The largest absolute Gasteiger partial charge is 0.328 e.